The molecule has 0 spiro atoms. The maximum Gasteiger partial charge on any atom is 0.241 e. The molecule has 0 fully saturated rings. The minimum atomic E-state index is -0.513. The lowest BCUT2D eigenvalue weighted by molar-refractivity contribution is -0.117. The molecule has 1 aromatic rings. The number of rotatable bonds is 3. The first kappa shape index (κ1) is 12.7. The van der Waals surface area contributed by atoms with Gasteiger partial charge in [-0.25, -0.2) is 0 Å². The van der Waals surface area contributed by atoms with Crippen LogP contribution in [0.1, 0.15) is 38.2 Å². The van der Waals surface area contributed by atoms with Gasteiger partial charge in [-0.2, -0.15) is 5.10 Å². The van der Waals surface area contributed by atoms with Gasteiger partial charge in [0.2, 0.25) is 5.91 Å². The van der Waals surface area contributed by atoms with E-state index in [-0.39, 0.29) is 11.9 Å². The zero-order valence-corrected chi connectivity index (χ0v) is 10.5. The zero-order valence-electron chi connectivity index (χ0n) is 10.5. The zero-order chi connectivity index (χ0) is 12.5. The fourth-order valence-electron chi connectivity index (χ4n) is 1.58. The predicted molar refractivity (Wildman–Crippen MR) is 64.4 cm³/mol. The lowest BCUT2D eigenvalue weighted by atomic mass is 10.2. The van der Waals surface area contributed by atoms with Crippen LogP contribution in [0.3, 0.4) is 0 Å². The van der Waals surface area contributed by atoms with Gasteiger partial charge in [-0.1, -0.05) is 0 Å². The number of nitrogens with one attached hydrogen (secondary N) is 1. The van der Waals surface area contributed by atoms with E-state index in [4.69, 9.17) is 5.73 Å². The molecule has 5 nitrogen and oxygen atoms in total. The molecule has 0 radical (unpaired) electrons. The Morgan fingerprint density at radius 1 is 1.38 bits per heavy atom. The molecule has 0 saturated heterocycles. The second-order valence-electron chi connectivity index (χ2n) is 4.36. The number of carbonyl (C=O) groups excluding carboxylic acids is 1. The van der Waals surface area contributed by atoms with Crippen molar-refractivity contribution in [3.8, 4) is 0 Å². The summed E-state index contributed by atoms with van der Waals surface area (Å²) in [6, 6.07) is -0.235. The number of anilines is 1. The standard InChI is InChI=1S/C11H20N4O/c1-6(2)15-9(5)10(8(4)14-15)13-11(16)7(3)12/h6-7H,12H2,1-5H3,(H,13,16)/t7-/m1/s1. The molecule has 5 heteroatoms. The summed E-state index contributed by atoms with van der Waals surface area (Å²) in [5, 5.41) is 7.19. The molecule has 0 aliphatic carbocycles. The van der Waals surface area contributed by atoms with E-state index >= 15 is 0 Å². The molecular weight excluding hydrogens is 204 g/mol. The van der Waals surface area contributed by atoms with Crippen molar-refractivity contribution in [2.45, 2.75) is 46.7 Å². The van der Waals surface area contributed by atoms with Gasteiger partial charge in [-0.3, -0.25) is 9.48 Å². The second-order valence-corrected chi connectivity index (χ2v) is 4.36. The third-order valence-corrected chi connectivity index (χ3v) is 2.48. The van der Waals surface area contributed by atoms with E-state index in [1.807, 2.05) is 18.5 Å². The topological polar surface area (TPSA) is 72.9 Å². The number of hydrogen-bond acceptors (Lipinski definition) is 3. The van der Waals surface area contributed by atoms with Crippen molar-refractivity contribution in [2.24, 2.45) is 5.73 Å². The molecule has 1 heterocycles. The largest absolute Gasteiger partial charge is 0.322 e. The summed E-state index contributed by atoms with van der Waals surface area (Å²) in [4.78, 5) is 11.5. The minimum absolute atomic E-state index is 0.186. The van der Waals surface area contributed by atoms with Crippen molar-refractivity contribution in [3.63, 3.8) is 0 Å². The quantitative estimate of drug-likeness (QED) is 0.814. The number of aryl methyl sites for hydroxylation is 1. The Morgan fingerprint density at radius 3 is 2.31 bits per heavy atom. The predicted octanol–water partition coefficient (Wildman–Crippen LogP) is 1.37. The highest BCUT2D eigenvalue weighted by molar-refractivity contribution is 5.95. The van der Waals surface area contributed by atoms with Crippen LogP contribution in [0.5, 0.6) is 0 Å². The van der Waals surface area contributed by atoms with Crippen LogP contribution in [0.4, 0.5) is 5.69 Å². The highest BCUT2D eigenvalue weighted by atomic mass is 16.2. The van der Waals surface area contributed by atoms with E-state index in [0.29, 0.717) is 0 Å². The van der Waals surface area contributed by atoms with Crippen molar-refractivity contribution in [1.29, 1.82) is 0 Å². The SMILES string of the molecule is Cc1nn(C(C)C)c(C)c1NC(=O)[C@@H](C)N. The van der Waals surface area contributed by atoms with E-state index < -0.39 is 6.04 Å². The molecule has 1 amide bonds. The summed E-state index contributed by atoms with van der Waals surface area (Å²) < 4.78 is 1.89. The Hall–Kier alpha value is -1.36. The summed E-state index contributed by atoms with van der Waals surface area (Å²) in [6.45, 7) is 9.58. The van der Waals surface area contributed by atoms with Gasteiger partial charge in [-0.15, -0.1) is 0 Å². The van der Waals surface area contributed by atoms with Crippen LogP contribution < -0.4 is 11.1 Å². The summed E-state index contributed by atoms with van der Waals surface area (Å²) >= 11 is 0. The first-order chi connectivity index (χ1) is 7.34. The normalized spacial score (nSPS) is 12.9. The number of nitrogens with two attached hydrogens (primary N) is 1. The molecule has 0 unspecified atom stereocenters. The Kier molecular flexibility index (Phi) is 3.70. The third kappa shape index (κ3) is 2.41. The van der Waals surface area contributed by atoms with Crippen LogP contribution in [0.2, 0.25) is 0 Å². The van der Waals surface area contributed by atoms with Gasteiger partial charge in [0.1, 0.15) is 0 Å². The molecule has 0 saturated carbocycles. The summed E-state index contributed by atoms with van der Waals surface area (Å²) in [5.74, 6) is -0.186. The molecule has 0 aliphatic heterocycles. The Balaban J connectivity index is 3.01. The molecule has 90 valence electrons. The lowest BCUT2D eigenvalue weighted by Crippen LogP contribution is -2.32. The maximum atomic E-state index is 11.5. The molecular formula is C11H20N4O. The van der Waals surface area contributed by atoms with Gasteiger partial charge < -0.3 is 11.1 Å². The maximum absolute atomic E-state index is 11.5. The van der Waals surface area contributed by atoms with E-state index in [0.717, 1.165) is 17.1 Å². The molecule has 16 heavy (non-hydrogen) atoms. The van der Waals surface area contributed by atoms with Crippen molar-refractivity contribution < 1.29 is 4.79 Å². The molecule has 0 bridgehead atoms. The Labute approximate surface area is 96.0 Å². The molecule has 0 aliphatic rings. The van der Waals surface area contributed by atoms with Gasteiger partial charge in [0.15, 0.2) is 0 Å². The van der Waals surface area contributed by atoms with E-state index in [1.165, 1.54) is 0 Å². The molecule has 1 aromatic heterocycles. The van der Waals surface area contributed by atoms with Gasteiger partial charge in [-0.05, 0) is 34.6 Å². The first-order valence-corrected chi connectivity index (χ1v) is 5.46. The smallest absolute Gasteiger partial charge is 0.241 e. The number of amides is 1. The van der Waals surface area contributed by atoms with Gasteiger partial charge in [0, 0.05) is 6.04 Å². The van der Waals surface area contributed by atoms with Crippen LogP contribution >= 0.6 is 0 Å². The highest BCUT2D eigenvalue weighted by Gasteiger charge is 2.16. The van der Waals surface area contributed by atoms with Gasteiger partial charge in [0.05, 0.1) is 23.1 Å². The average molecular weight is 224 g/mol. The summed E-state index contributed by atoms with van der Waals surface area (Å²) in [7, 11) is 0. The molecule has 3 N–H and O–H groups in total. The van der Waals surface area contributed by atoms with E-state index in [9.17, 15) is 4.79 Å². The Bertz CT molecular complexity index is 393. The average Bonchev–Trinajstić information content (AvgIpc) is 2.45. The van der Waals surface area contributed by atoms with E-state index in [2.05, 4.69) is 24.3 Å². The number of nitrogens with zero attached hydrogens (tertiary/aromatic N) is 2. The Morgan fingerprint density at radius 2 is 1.94 bits per heavy atom. The first-order valence-electron chi connectivity index (χ1n) is 5.46. The molecule has 1 rings (SSSR count). The second kappa shape index (κ2) is 4.65. The number of hydrogen-bond donors (Lipinski definition) is 2. The van der Waals surface area contributed by atoms with Crippen LogP contribution in [0.25, 0.3) is 0 Å². The van der Waals surface area contributed by atoms with Crippen LogP contribution in [-0.4, -0.2) is 21.7 Å². The molecule has 1 atom stereocenters. The van der Waals surface area contributed by atoms with Crippen molar-refractivity contribution in [2.75, 3.05) is 5.32 Å². The van der Waals surface area contributed by atoms with Crippen LogP contribution in [0, 0.1) is 13.8 Å². The highest BCUT2D eigenvalue weighted by Crippen LogP contribution is 2.22. The van der Waals surface area contributed by atoms with Crippen LogP contribution in [-0.2, 0) is 4.79 Å². The third-order valence-electron chi connectivity index (χ3n) is 2.48. The lowest BCUT2D eigenvalue weighted by Gasteiger charge is -2.10. The van der Waals surface area contributed by atoms with Crippen LogP contribution in [0.15, 0.2) is 0 Å². The monoisotopic (exact) mass is 224 g/mol. The summed E-state index contributed by atoms with van der Waals surface area (Å²) in [6.07, 6.45) is 0. The van der Waals surface area contributed by atoms with Crippen molar-refractivity contribution >= 4 is 11.6 Å². The van der Waals surface area contributed by atoms with Crippen molar-refractivity contribution in [1.82, 2.24) is 9.78 Å². The van der Waals surface area contributed by atoms with E-state index in [1.54, 1.807) is 6.92 Å². The number of carbonyl (C=O) groups is 1. The van der Waals surface area contributed by atoms with Crippen molar-refractivity contribution in [3.05, 3.63) is 11.4 Å². The van der Waals surface area contributed by atoms with Gasteiger partial charge in [0.25, 0.3) is 0 Å². The number of aromatic nitrogens is 2. The van der Waals surface area contributed by atoms with Gasteiger partial charge >= 0.3 is 0 Å². The minimum Gasteiger partial charge on any atom is -0.322 e. The fourth-order valence-corrected chi connectivity index (χ4v) is 1.58. The summed E-state index contributed by atoms with van der Waals surface area (Å²) in [5.41, 5.74) is 8.06. The molecule has 0 aromatic carbocycles. The fraction of sp³-hybridized carbons (Fsp3) is 0.636.